The Kier molecular flexibility index (Phi) is 27.6. The number of nitrogens with two attached hydrogens (primary N) is 4. The number of nitrogen functional groups attached to an aromatic ring is 3. The van der Waals surface area contributed by atoms with Crippen LogP contribution in [0, 0.1) is 83.1 Å². The lowest BCUT2D eigenvalue weighted by atomic mass is 10.1. The molecule has 0 aliphatic rings. The largest absolute Gasteiger partial charge is 0.744 e. The summed E-state index contributed by atoms with van der Waals surface area (Å²) >= 11 is 20.1. The van der Waals surface area contributed by atoms with E-state index in [1.807, 2.05) is 73.6 Å². The minimum Gasteiger partial charge on any atom is -0.744 e. The summed E-state index contributed by atoms with van der Waals surface area (Å²) in [4.78, 5) is 30.0. The van der Waals surface area contributed by atoms with E-state index in [0.29, 0.717) is 51.6 Å². The zero-order chi connectivity index (χ0) is 52.9. The topological polar surface area (TPSA) is 317 Å². The molecule has 8 N–H and O–H groups in total. The second-order valence-corrected chi connectivity index (χ2v) is 18.6. The fraction of sp³-hybridized carbons (Fsp3) is 0.381. The number of ether oxygens (including phenoxy) is 1. The molecule has 20 nitrogen and oxygen atoms in total. The summed E-state index contributed by atoms with van der Waals surface area (Å²) in [5, 5.41) is 4.38. The van der Waals surface area contributed by atoms with E-state index in [1.165, 1.54) is 11.8 Å². The van der Waals surface area contributed by atoms with Crippen LogP contribution in [0.25, 0.3) is 5.78 Å². The van der Waals surface area contributed by atoms with E-state index in [0.717, 1.165) is 45.3 Å². The molecular formula is C42H60Cl4N12O8S2. The zero-order valence-electron chi connectivity index (χ0n) is 40.1. The van der Waals surface area contributed by atoms with Gasteiger partial charge in [0.2, 0.25) is 5.95 Å². The maximum absolute atomic E-state index is 11.4. The molecule has 2 aromatic carbocycles. The predicted molar refractivity (Wildman–Crippen MR) is 265 cm³/mol. The number of alkyl halides is 4. The first-order valence-electron chi connectivity index (χ1n) is 19.7. The van der Waals surface area contributed by atoms with Crippen LogP contribution in [-0.4, -0.2) is 80.2 Å². The zero-order valence-corrected chi connectivity index (χ0v) is 44.8. The fourth-order valence-corrected chi connectivity index (χ4v) is 8.19. The maximum Gasteiger partial charge on any atom is 0.411 e. The van der Waals surface area contributed by atoms with Crippen LogP contribution in [-0.2, 0) is 39.9 Å². The third kappa shape index (κ3) is 21.9. The third-order valence-electron chi connectivity index (χ3n) is 8.29. The molecule has 0 fully saturated rings. The molecule has 6 aromatic rings. The number of halogens is 4. The van der Waals surface area contributed by atoms with Gasteiger partial charge in [-0.2, -0.15) is 23.6 Å². The molecule has 6 rings (SSSR count). The quantitative estimate of drug-likeness (QED) is 0.0386. The number of nitrogens with zero attached hydrogens (tertiary/aromatic N) is 8. The lowest BCUT2D eigenvalue weighted by Gasteiger charge is -2.14. The molecule has 0 atom stereocenters. The van der Waals surface area contributed by atoms with Gasteiger partial charge >= 0.3 is 22.0 Å². The van der Waals surface area contributed by atoms with Crippen LogP contribution in [0.1, 0.15) is 73.4 Å². The molecule has 0 aliphatic carbocycles. The van der Waals surface area contributed by atoms with E-state index >= 15 is 0 Å². The highest BCUT2D eigenvalue weighted by molar-refractivity contribution is 7.86. The number of rotatable bonds is 5. The fourth-order valence-electron chi connectivity index (χ4n) is 6.06. The van der Waals surface area contributed by atoms with Crippen LogP contribution in [0.3, 0.4) is 0 Å². The monoisotopic (exact) mass is 1060 g/mol. The normalized spacial score (nSPS) is 10.4. The highest BCUT2D eigenvalue weighted by atomic mass is 35.5. The van der Waals surface area contributed by atoms with Crippen molar-refractivity contribution in [1.29, 1.82) is 0 Å². The maximum atomic E-state index is 11.4. The summed E-state index contributed by atoms with van der Waals surface area (Å²) in [6.07, 6.45) is 0. The summed E-state index contributed by atoms with van der Waals surface area (Å²) < 4.78 is 66.5. The van der Waals surface area contributed by atoms with Crippen LogP contribution >= 0.6 is 46.4 Å². The molecule has 0 saturated carbocycles. The summed E-state index contributed by atoms with van der Waals surface area (Å²) in [5.74, 6) is 12.0. The van der Waals surface area contributed by atoms with Crippen molar-refractivity contribution in [2.45, 2.75) is 98.8 Å². The molecule has 0 radical (unpaired) electrons. The van der Waals surface area contributed by atoms with Gasteiger partial charge in [0.1, 0.15) is 32.3 Å². The highest BCUT2D eigenvalue weighted by Gasteiger charge is 2.19. The first-order valence-corrected chi connectivity index (χ1v) is 24.6. The van der Waals surface area contributed by atoms with Crippen LogP contribution in [0.15, 0.2) is 52.3 Å². The number of benzene rings is 2. The van der Waals surface area contributed by atoms with Gasteiger partial charge in [-0.3, -0.25) is 16.4 Å². The predicted octanol–water partition coefficient (Wildman–Crippen LogP) is 5.96. The average Bonchev–Trinajstić information content (AvgIpc) is 3.63. The van der Waals surface area contributed by atoms with Crippen molar-refractivity contribution in [2.75, 3.05) is 35.6 Å². The SMILES string of the molecule is COC(=O)CCl.Cc1cc(C)[n+](N)c(N)n1.Cc1cc(C)c(S(=O)(=O)ON)c(C)c1.Cc1cc(C)c(S(=O)(=O)[O-])c(C)c1.Cc1cc(C)n2nc(CCl)nc2n1.Cc1cc(C)nc(N)n1.ClCCl. The second-order valence-electron chi connectivity index (χ2n) is 14.5. The van der Waals surface area contributed by atoms with Gasteiger partial charge in [0.25, 0.3) is 5.78 Å². The number of anilines is 2. The van der Waals surface area contributed by atoms with Crippen LogP contribution < -0.4 is 27.9 Å². The van der Waals surface area contributed by atoms with Crippen molar-refractivity contribution in [1.82, 2.24) is 34.5 Å². The van der Waals surface area contributed by atoms with Gasteiger partial charge in [0, 0.05) is 28.8 Å². The van der Waals surface area contributed by atoms with Crippen molar-refractivity contribution < 1.29 is 39.9 Å². The molecule has 0 saturated heterocycles. The number of aryl methyl sites for hydroxylation is 12. The Morgan fingerprint density at radius 3 is 1.46 bits per heavy atom. The Bertz CT molecular complexity index is 2710. The van der Waals surface area contributed by atoms with Gasteiger partial charge < -0.3 is 15.0 Å². The molecule has 0 aliphatic heterocycles. The molecule has 0 amide bonds. The van der Waals surface area contributed by atoms with E-state index in [4.69, 9.17) is 69.6 Å². The van der Waals surface area contributed by atoms with Crippen molar-refractivity contribution in [3.05, 3.63) is 116 Å². The number of methoxy groups -OCH3 is 1. The summed E-state index contributed by atoms with van der Waals surface area (Å²) in [7, 11) is -6.83. The summed E-state index contributed by atoms with van der Waals surface area (Å²) in [6, 6.07) is 12.7. The summed E-state index contributed by atoms with van der Waals surface area (Å²) in [5.41, 5.74) is 20.7. The van der Waals surface area contributed by atoms with Gasteiger partial charge in [0.15, 0.2) is 5.82 Å². The third-order valence-corrected chi connectivity index (χ3v) is 11.3. The number of hydrogen-bond acceptors (Lipinski definition) is 18. The molecule has 0 bridgehead atoms. The molecule has 0 unspecified atom stereocenters. The van der Waals surface area contributed by atoms with Crippen molar-refractivity contribution in [3.8, 4) is 0 Å². The van der Waals surface area contributed by atoms with Gasteiger partial charge in [-0.15, -0.1) is 56.2 Å². The first-order chi connectivity index (χ1) is 31.4. The molecule has 68 heavy (non-hydrogen) atoms. The van der Waals surface area contributed by atoms with E-state index in [9.17, 15) is 26.2 Å². The number of carbonyl (C=O) groups is 1. The van der Waals surface area contributed by atoms with Gasteiger partial charge in [-0.05, 0) is 117 Å². The van der Waals surface area contributed by atoms with Gasteiger partial charge in [-0.25, -0.2) is 27.9 Å². The van der Waals surface area contributed by atoms with Gasteiger partial charge in [0.05, 0.1) is 23.2 Å². The average molecular weight is 1070 g/mol. The Morgan fingerprint density at radius 2 is 1.10 bits per heavy atom. The minimum absolute atomic E-state index is 0.0590. The molecule has 4 aromatic heterocycles. The first kappa shape index (κ1) is 63.0. The van der Waals surface area contributed by atoms with E-state index in [-0.39, 0.29) is 21.0 Å². The van der Waals surface area contributed by atoms with Crippen molar-refractivity contribution >= 4 is 90.3 Å². The van der Waals surface area contributed by atoms with Crippen LogP contribution in [0.4, 0.5) is 11.9 Å². The lowest BCUT2D eigenvalue weighted by Crippen LogP contribution is -2.50. The lowest BCUT2D eigenvalue weighted by molar-refractivity contribution is -0.633. The minimum atomic E-state index is -4.33. The number of fused-ring (bicyclic) bond motifs is 1. The highest BCUT2D eigenvalue weighted by Crippen LogP contribution is 2.23. The Labute approximate surface area is 418 Å². The molecule has 26 heteroatoms. The van der Waals surface area contributed by atoms with Crippen LogP contribution in [0.2, 0.25) is 0 Å². The Hall–Kier alpha value is -5.04. The molecular weight excluding hydrogens is 1010 g/mol. The number of aromatic nitrogens is 8. The molecule has 0 spiro atoms. The van der Waals surface area contributed by atoms with Crippen molar-refractivity contribution in [3.63, 3.8) is 0 Å². The van der Waals surface area contributed by atoms with E-state index < -0.39 is 26.2 Å². The second kappa shape index (κ2) is 29.8. The Balaban J connectivity index is 0.000000795. The molecule has 4 heterocycles. The van der Waals surface area contributed by atoms with Crippen molar-refractivity contribution in [2.24, 2.45) is 5.90 Å². The standard InChI is InChI=1S/C9H13NO3S.C9H12O3S.C8H9ClN4.C6H10N4.C6H9N3.C3H5ClO2.CH2Cl2/c1-6-4-7(2)9(8(3)5-6)14(11,12)13-10;1-6-4-7(2)9(8(3)5-6)13(10,11)12;1-5-3-6(2)13-8(10-5)11-7(4-9)12-13;1-4-3-5(2)10(8)6(7)9-4;1-4-3-5(2)9-6(7)8-4;1-6-3(5)2-4;2-1-3/h4-5H,10H2,1-3H3;4-5H,1-3H3,(H,10,11,12);3H,4H2,1-2H3;3,7H,8H2,1-2H3;3H,1-2H3,(H2,7,8,9);2H2,1H3;1H2. The smallest absolute Gasteiger partial charge is 0.411 e. The Morgan fingerprint density at radius 1 is 0.676 bits per heavy atom. The summed E-state index contributed by atoms with van der Waals surface area (Å²) in [6.45, 7) is 21.9. The van der Waals surface area contributed by atoms with Gasteiger partial charge in [-0.1, -0.05) is 40.4 Å². The number of carbonyl (C=O) groups excluding carboxylic acids is 1. The van der Waals surface area contributed by atoms with E-state index in [1.54, 1.807) is 56.5 Å². The number of esters is 1. The van der Waals surface area contributed by atoms with E-state index in [2.05, 4.69) is 39.0 Å². The number of hydrogen-bond donors (Lipinski definition) is 4. The molecule has 376 valence electrons. The van der Waals surface area contributed by atoms with Crippen LogP contribution in [0.5, 0.6) is 0 Å².